The number of rotatable bonds is 6. The summed E-state index contributed by atoms with van der Waals surface area (Å²) in [5, 5.41) is 30.6. The van der Waals surface area contributed by atoms with Crippen LogP contribution in [-0.2, 0) is 4.79 Å². The minimum atomic E-state index is -1.13. The number of ketones is 1. The number of nitrogens with one attached hydrogen (secondary N) is 1. The molecule has 38 heavy (non-hydrogen) atoms. The van der Waals surface area contributed by atoms with Crippen LogP contribution in [0.3, 0.4) is 0 Å². The number of nitro groups is 1. The van der Waals surface area contributed by atoms with Gasteiger partial charge in [0, 0.05) is 29.2 Å². The highest BCUT2D eigenvalue weighted by molar-refractivity contribution is 6.09. The molecule has 3 aromatic rings. The largest absolute Gasteiger partial charge is 0.478 e. The monoisotopic (exact) mass is 521 g/mol. The number of hydrogen-bond acceptors (Lipinski definition) is 7. The molecule has 0 radical (unpaired) electrons. The summed E-state index contributed by atoms with van der Waals surface area (Å²) in [5.41, 5.74) is 6.06. The Hall–Kier alpha value is -4.90. The van der Waals surface area contributed by atoms with Crippen LogP contribution < -0.4 is 11.1 Å². The van der Waals surface area contributed by atoms with E-state index in [-0.39, 0.29) is 34.4 Å². The van der Waals surface area contributed by atoms with Gasteiger partial charge in [0.05, 0.1) is 16.1 Å². The summed E-state index contributed by atoms with van der Waals surface area (Å²) in [6, 6.07) is 19.6. The van der Waals surface area contributed by atoms with Crippen LogP contribution in [0.25, 0.3) is 0 Å². The fourth-order valence-electron chi connectivity index (χ4n) is 3.38. The number of carboxylic acids is 2. The van der Waals surface area contributed by atoms with E-state index in [2.05, 4.69) is 5.32 Å². The van der Waals surface area contributed by atoms with E-state index < -0.39 is 16.9 Å². The lowest BCUT2D eigenvalue weighted by atomic mass is 9.98. The van der Waals surface area contributed by atoms with Crippen molar-refractivity contribution in [2.45, 2.75) is 12.8 Å². The first-order valence-corrected chi connectivity index (χ1v) is 11.5. The van der Waals surface area contributed by atoms with Crippen LogP contribution in [0.4, 0.5) is 5.69 Å². The molecule has 0 aliphatic carbocycles. The molecule has 0 unspecified atom stereocenters. The van der Waals surface area contributed by atoms with Gasteiger partial charge in [0.1, 0.15) is 0 Å². The number of aromatic carboxylic acids is 2. The summed E-state index contributed by atoms with van der Waals surface area (Å²) in [4.78, 5) is 53.3. The molecule has 1 amide bonds. The number of carbonyl (C=O) groups is 4. The van der Waals surface area contributed by atoms with Gasteiger partial charge in [-0.3, -0.25) is 19.7 Å². The molecule has 0 spiro atoms. The van der Waals surface area contributed by atoms with Crippen molar-refractivity contribution in [2.75, 3.05) is 13.1 Å². The quantitative estimate of drug-likeness (QED) is 0.214. The zero-order chi connectivity index (χ0) is 28.1. The Balaban J connectivity index is 0.000000212. The molecule has 5 N–H and O–H groups in total. The van der Waals surface area contributed by atoms with Crippen LogP contribution in [-0.4, -0.2) is 51.9 Å². The van der Waals surface area contributed by atoms with Gasteiger partial charge in [0.2, 0.25) is 5.91 Å². The van der Waals surface area contributed by atoms with Crippen molar-refractivity contribution in [3.8, 4) is 0 Å². The van der Waals surface area contributed by atoms with E-state index in [4.69, 9.17) is 15.9 Å². The average molecular weight is 522 g/mol. The molecule has 0 saturated carbocycles. The van der Waals surface area contributed by atoms with Crippen LogP contribution >= 0.6 is 0 Å². The van der Waals surface area contributed by atoms with Crippen molar-refractivity contribution in [3.05, 3.63) is 111 Å². The normalized spacial score (nSPS) is 12.5. The van der Waals surface area contributed by atoms with Gasteiger partial charge >= 0.3 is 11.9 Å². The van der Waals surface area contributed by atoms with Crippen molar-refractivity contribution >= 4 is 29.3 Å². The Labute approximate surface area is 218 Å². The molecule has 3 aromatic carbocycles. The van der Waals surface area contributed by atoms with Gasteiger partial charge in [0.15, 0.2) is 5.78 Å². The fourth-order valence-corrected chi connectivity index (χ4v) is 3.38. The highest BCUT2D eigenvalue weighted by Gasteiger charge is 2.17. The molecule has 1 heterocycles. The molecule has 0 bridgehead atoms. The zero-order valence-corrected chi connectivity index (χ0v) is 20.3. The Morgan fingerprint density at radius 1 is 0.763 bits per heavy atom. The van der Waals surface area contributed by atoms with E-state index >= 15 is 0 Å². The summed E-state index contributed by atoms with van der Waals surface area (Å²) in [7, 11) is 0. The SMILES string of the molecule is NC(=O)C1CCNCC1.O=C(O)c1cccc(C(=O)O)c1.O=C(c1ccccc1)c1ccc([N+](=O)[O-])cc1. The minimum Gasteiger partial charge on any atom is -0.478 e. The van der Waals surface area contributed by atoms with Crippen LogP contribution in [0.15, 0.2) is 78.9 Å². The van der Waals surface area contributed by atoms with Gasteiger partial charge in [-0.15, -0.1) is 0 Å². The number of amides is 1. The first-order chi connectivity index (χ1) is 18.1. The Morgan fingerprint density at radius 2 is 1.24 bits per heavy atom. The van der Waals surface area contributed by atoms with E-state index in [1.54, 1.807) is 24.3 Å². The van der Waals surface area contributed by atoms with E-state index in [9.17, 15) is 29.3 Å². The van der Waals surface area contributed by atoms with Crippen molar-refractivity contribution in [2.24, 2.45) is 11.7 Å². The number of non-ortho nitro benzene ring substituents is 1. The van der Waals surface area contributed by atoms with Crippen molar-refractivity contribution < 1.29 is 34.3 Å². The van der Waals surface area contributed by atoms with Crippen molar-refractivity contribution in [1.82, 2.24) is 5.32 Å². The molecule has 198 valence electrons. The molecule has 1 saturated heterocycles. The Kier molecular flexibility index (Phi) is 11.3. The molecule has 0 atom stereocenters. The summed E-state index contributed by atoms with van der Waals surface area (Å²) < 4.78 is 0. The second kappa shape index (κ2) is 14.6. The summed E-state index contributed by atoms with van der Waals surface area (Å²) >= 11 is 0. The number of nitro benzene ring substituents is 1. The standard InChI is InChI=1S/C13H9NO3.C8H6O4.C6H12N2O/c15-13(10-4-2-1-3-5-10)11-6-8-12(9-7-11)14(16)17;9-7(10)5-2-1-3-6(4-5)8(11)12;7-6(9)5-1-3-8-4-2-5/h1-9H;1-4H,(H,9,10)(H,11,12);5,8H,1-4H2,(H2,7,9). The van der Waals surface area contributed by atoms with Gasteiger partial charge in [-0.25, -0.2) is 9.59 Å². The van der Waals surface area contributed by atoms with Crippen molar-refractivity contribution in [1.29, 1.82) is 0 Å². The molecule has 1 aliphatic heterocycles. The van der Waals surface area contributed by atoms with E-state index in [1.165, 1.54) is 42.5 Å². The van der Waals surface area contributed by atoms with Gasteiger partial charge in [-0.05, 0) is 56.3 Å². The maximum absolute atomic E-state index is 12.0. The second-order valence-electron chi connectivity index (χ2n) is 8.12. The van der Waals surface area contributed by atoms with Crippen molar-refractivity contribution in [3.63, 3.8) is 0 Å². The zero-order valence-electron chi connectivity index (χ0n) is 20.3. The molecule has 11 heteroatoms. The highest BCUT2D eigenvalue weighted by Crippen LogP contribution is 2.15. The maximum Gasteiger partial charge on any atom is 0.335 e. The number of carboxylic acid groups (broad SMARTS) is 2. The van der Waals surface area contributed by atoms with Crippen LogP contribution in [0.2, 0.25) is 0 Å². The van der Waals surface area contributed by atoms with Crippen LogP contribution in [0, 0.1) is 16.0 Å². The lowest BCUT2D eigenvalue weighted by Gasteiger charge is -2.18. The smallest absolute Gasteiger partial charge is 0.335 e. The van der Waals surface area contributed by atoms with Gasteiger partial charge < -0.3 is 21.3 Å². The molecular weight excluding hydrogens is 494 g/mol. The lowest BCUT2D eigenvalue weighted by Crippen LogP contribution is -2.34. The maximum atomic E-state index is 12.0. The number of hydrogen-bond donors (Lipinski definition) is 4. The summed E-state index contributed by atoms with van der Waals surface area (Å²) in [6.45, 7) is 1.88. The number of piperidine rings is 1. The summed E-state index contributed by atoms with van der Waals surface area (Å²) in [6.07, 6.45) is 1.82. The molecule has 1 aliphatic rings. The Morgan fingerprint density at radius 3 is 1.66 bits per heavy atom. The fraction of sp³-hybridized carbons (Fsp3) is 0.185. The van der Waals surface area contributed by atoms with Crippen LogP contribution in [0.5, 0.6) is 0 Å². The lowest BCUT2D eigenvalue weighted by molar-refractivity contribution is -0.384. The summed E-state index contributed by atoms with van der Waals surface area (Å²) in [5.74, 6) is -2.40. The molecular formula is C27H27N3O8. The van der Waals surface area contributed by atoms with Gasteiger partial charge in [0.25, 0.3) is 5.69 Å². The first-order valence-electron chi connectivity index (χ1n) is 11.5. The minimum absolute atomic E-state index is 0.0186. The molecule has 11 nitrogen and oxygen atoms in total. The molecule has 0 aromatic heterocycles. The third-order valence-corrected chi connectivity index (χ3v) is 5.47. The third kappa shape index (κ3) is 9.28. The number of nitrogens with two attached hydrogens (primary N) is 1. The Bertz CT molecular complexity index is 1240. The number of carbonyl (C=O) groups excluding carboxylic acids is 2. The van der Waals surface area contributed by atoms with E-state index in [0.29, 0.717) is 11.1 Å². The van der Waals surface area contributed by atoms with Gasteiger partial charge in [-0.2, -0.15) is 0 Å². The number of nitrogens with zero attached hydrogens (tertiary/aromatic N) is 1. The topological polar surface area (TPSA) is 190 Å². The predicted molar refractivity (Wildman–Crippen MR) is 138 cm³/mol. The first kappa shape index (κ1) is 29.3. The van der Waals surface area contributed by atoms with E-state index in [0.717, 1.165) is 32.0 Å². The third-order valence-electron chi connectivity index (χ3n) is 5.47. The van der Waals surface area contributed by atoms with E-state index in [1.807, 2.05) is 6.07 Å². The number of benzene rings is 3. The average Bonchev–Trinajstić information content (AvgIpc) is 2.94. The van der Waals surface area contributed by atoms with Crippen LogP contribution in [0.1, 0.15) is 49.5 Å². The molecule has 1 fully saturated rings. The number of primary amides is 1. The molecule has 4 rings (SSSR count). The predicted octanol–water partition coefficient (Wildman–Crippen LogP) is 3.38. The van der Waals surface area contributed by atoms with Gasteiger partial charge in [-0.1, -0.05) is 36.4 Å². The second-order valence-corrected chi connectivity index (χ2v) is 8.12. The highest BCUT2D eigenvalue weighted by atomic mass is 16.6.